The predicted octanol–water partition coefficient (Wildman–Crippen LogP) is 1.20. The summed E-state index contributed by atoms with van der Waals surface area (Å²) in [4.78, 5) is 0. The lowest BCUT2D eigenvalue weighted by Crippen LogP contribution is -2.16. The summed E-state index contributed by atoms with van der Waals surface area (Å²) in [5.41, 5.74) is 6.10. The topological polar surface area (TPSA) is 69.4 Å². The summed E-state index contributed by atoms with van der Waals surface area (Å²) in [7, 11) is -3.00. The van der Waals surface area contributed by atoms with Gasteiger partial charge in [0.1, 0.15) is 12.4 Å². The Labute approximate surface area is 114 Å². The number of sulfone groups is 1. The molecule has 1 aromatic carbocycles. The van der Waals surface area contributed by atoms with E-state index in [-0.39, 0.29) is 18.1 Å². The van der Waals surface area contributed by atoms with E-state index in [9.17, 15) is 8.42 Å². The number of rotatable bonds is 6. The maximum Gasteiger partial charge on any atom is 0.153 e. The largest absolute Gasteiger partial charge is 0.492 e. The van der Waals surface area contributed by atoms with Crippen LogP contribution in [0, 0.1) is 11.8 Å². The van der Waals surface area contributed by atoms with Gasteiger partial charge >= 0.3 is 0 Å². The average Bonchev–Trinajstić information content (AvgIpc) is 2.36. The molecule has 0 radical (unpaired) electrons. The van der Waals surface area contributed by atoms with Crippen molar-refractivity contribution in [2.24, 2.45) is 5.73 Å². The van der Waals surface area contributed by atoms with E-state index in [1.165, 1.54) is 0 Å². The van der Waals surface area contributed by atoms with Gasteiger partial charge in [-0.1, -0.05) is 24.8 Å². The molecule has 0 aliphatic heterocycles. The Morgan fingerprint density at radius 1 is 1.32 bits per heavy atom. The van der Waals surface area contributed by atoms with Gasteiger partial charge in [0.2, 0.25) is 0 Å². The van der Waals surface area contributed by atoms with Crippen LogP contribution < -0.4 is 10.5 Å². The van der Waals surface area contributed by atoms with E-state index in [1.807, 2.05) is 19.1 Å². The van der Waals surface area contributed by atoms with Crippen LogP contribution >= 0.6 is 0 Å². The first-order valence-electron chi connectivity index (χ1n) is 6.19. The van der Waals surface area contributed by atoms with Gasteiger partial charge in [0.05, 0.1) is 18.1 Å². The highest BCUT2D eigenvalue weighted by Crippen LogP contribution is 2.12. The lowest BCUT2D eigenvalue weighted by molar-refractivity contribution is 0.341. The fourth-order valence-corrected chi connectivity index (χ4v) is 2.68. The average molecular weight is 281 g/mol. The molecule has 0 heterocycles. The van der Waals surface area contributed by atoms with Crippen molar-refractivity contribution in [1.29, 1.82) is 0 Å². The molecule has 0 amide bonds. The van der Waals surface area contributed by atoms with Crippen LogP contribution in [0.4, 0.5) is 0 Å². The summed E-state index contributed by atoms with van der Waals surface area (Å²) >= 11 is 0. The first kappa shape index (κ1) is 15.5. The molecular formula is C14H19NO3S. The minimum absolute atomic E-state index is 0.0412. The Morgan fingerprint density at radius 3 is 2.79 bits per heavy atom. The molecule has 0 aliphatic carbocycles. The van der Waals surface area contributed by atoms with Gasteiger partial charge in [0, 0.05) is 5.56 Å². The van der Waals surface area contributed by atoms with Gasteiger partial charge < -0.3 is 10.5 Å². The monoisotopic (exact) mass is 281 g/mol. The molecule has 0 atom stereocenters. The Morgan fingerprint density at radius 2 is 2.11 bits per heavy atom. The fraction of sp³-hybridized carbons (Fsp3) is 0.429. The SMILES string of the molecule is CCCS(=O)(=O)CCOc1cccc(C#CCN)c1. The zero-order valence-corrected chi connectivity index (χ0v) is 11.9. The quantitative estimate of drug-likeness (QED) is 0.796. The van der Waals surface area contributed by atoms with Crippen molar-refractivity contribution in [3.63, 3.8) is 0 Å². The Hall–Kier alpha value is -1.51. The third kappa shape index (κ3) is 6.27. The maximum absolute atomic E-state index is 11.5. The molecule has 0 bridgehead atoms. The zero-order valence-electron chi connectivity index (χ0n) is 11.1. The molecule has 5 heteroatoms. The second kappa shape index (κ2) is 7.82. The molecule has 0 aliphatic rings. The van der Waals surface area contributed by atoms with Crippen LogP contribution in [0.3, 0.4) is 0 Å². The van der Waals surface area contributed by atoms with Crippen LogP contribution in [0.2, 0.25) is 0 Å². The normalized spacial score (nSPS) is 10.6. The van der Waals surface area contributed by atoms with Crippen LogP contribution in [0.1, 0.15) is 18.9 Å². The molecule has 0 spiro atoms. The number of benzene rings is 1. The number of nitrogens with two attached hydrogens (primary N) is 1. The third-order valence-corrected chi connectivity index (χ3v) is 4.17. The van der Waals surface area contributed by atoms with Gasteiger partial charge in [-0.3, -0.25) is 0 Å². The van der Waals surface area contributed by atoms with E-state index in [1.54, 1.807) is 12.1 Å². The minimum atomic E-state index is -3.00. The Bertz CT molecular complexity index is 556. The zero-order chi connectivity index (χ0) is 14.1. The molecule has 19 heavy (non-hydrogen) atoms. The third-order valence-electron chi connectivity index (χ3n) is 2.35. The second-order valence-electron chi connectivity index (χ2n) is 4.03. The van der Waals surface area contributed by atoms with Gasteiger partial charge in [-0.2, -0.15) is 0 Å². The Kier molecular flexibility index (Phi) is 6.40. The van der Waals surface area contributed by atoms with Gasteiger partial charge in [0.25, 0.3) is 0 Å². The van der Waals surface area contributed by atoms with Crippen LogP contribution in [-0.4, -0.2) is 33.1 Å². The van der Waals surface area contributed by atoms with Crippen molar-refractivity contribution in [2.75, 3.05) is 24.7 Å². The first-order chi connectivity index (χ1) is 9.07. The molecule has 0 unspecified atom stereocenters. The van der Waals surface area contributed by atoms with E-state index >= 15 is 0 Å². The summed E-state index contributed by atoms with van der Waals surface area (Å²) in [5, 5.41) is 0. The van der Waals surface area contributed by atoms with Crippen molar-refractivity contribution >= 4 is 9.84 Å². The summed E-state index contributed by atoms with van der Waals surface area (Å²) in [6.45, 7) is 2.31. The summed E-state index contributed by atoms with van der Waals surface area (Å²) in [6.07, 6.45) is 0.631. The predicted molar refractivity (Wildman–Crippen MR) is 76.8 cm³/mol. The standard InChI is InChI=1S/C14H19NO3S/c1-2-10-19(16,17)11-9-18-14-7-3-5-13(12-14)6-4-8-15/h3,5,7,12H,2,8-11,15H2,1H3. The fourth-order valence-electron chi connectivity index (χ4n) is 1.52. The molecule has 4 nitrogen and oxygen atoms in total. The van der Waals surface area contributed by atoms with Crippen molar-refractivity contribution in [2.45, 2.75) is 13.3 Å². The molecule has 2 N–H and O–H groups in total. The van der Waals surface area contributed by atoms with E-state index in [4.69, 9.17) is 10.5 Å². The molecule has 0 fully saturated rings. The summed E-state index contributed by atoms with van der Waals surface area (Å²) in [5.74, 6) is 6.52. The number of ether oxygens (including phenoxy) is 1. The molecule has 0 saturated carbocycles. The minimum Gasteiger partial charge on any atom is -0.492 e. The second-order valence-corrected chi connectivity index (χ2v) is 6.34. The summed E-state index contributed by atoms with van der Waals surface area (Å²) < 4.78 is 28.5. The van der Waals surface area contributed by atoms with Crippen molar-refractivity contribution in [1.82, 2.24) is 0 Å². The van der Waals surface area contributed by atoms with Gasteiger partial charge in [-0.25, -0.2) is 8.42 Å². The van der Waals surface area contributed by atoms with Crippen LogP contribution in [-0.2, 0) is 9.84 Å². The van der Waals surface area contributed by atoms with Gasteiger partial charge in [-0.15, -0.1) is 0 Å². The maximum atomic E-state index is 11.5. The smallest absolute Gasteiger partial charge is 0.153 e. The van der Waals surface area contributed by atoms with Crippen LogP contribution in [0.25, 0.3) is 0 Å². The van der Waals surface area contributed by atoms with Crippen molar-refractivity contribution in [3.8, 4) is 17.6 Å². The van der Waals surface area contributed by atoms with E-state index in [0.29, 0.717) is 18.7 Å². The number of hydrogen-bond acceptors (Lipinski definition) is 4. The van der Waals surface area contributed by atoms with E-state index in [0.717, 1.165) is 5.56 Å². The molecule has 0 saturated heterocycles. The molecule has 104 valence electrons. The van der Waals surface area contributed by atoms with Crippen molar-refractivity contribution in [3.05, 3.63) is 29.8 Å². The van der Waals surface area contributed by atoms with Crippen molar-refractivity contribution < 1.29 is 13.2 Å². The van der Waals surface area contributed by atoms with Crippen LogP contribution in [0.15, 0.2) is 24.3 Å². The highest BCUT2D eigenvalue weighted by Gasteiger charge is 2.09. The molecule has 1 rings (SSSR count). The molecule has 0 aromatic heterocycles. The van der Waals surface area contributed by atoms with E-state index in [2.05, 4.69) is 11.8 Å². The molecular weight excluding hydrogens is 262 g/mol. The van der Waals surface area contributed by atoms with Gasteiger partial charge in [-0.05, 0) is 24.6 Å². The Balaban J connectivity index is 2.54. The van der Waals surface area contributed by atoms with E-state index < -0.39 is 9.84 Å². The summed E-state index contributed by atoms with van der Waals surface area (Å²) in [6, 6.07) is 7.22. The molecule has 1 aromatic rings. The highest BCUT2D eigenvalue weighted by molar-refractivity contribution is 7.91. The van der Waals surface area contributed by atoms with Gasteiger partial charge in [0.15, 0.2) is 9.84 Å². The highest BCUT2D eigenvalue weighted by atomic mass is 32.2. The lowest BCUT2D eigenvalue weighted by atomic mass is 10.2. The number of hydrogen-bond donors (Lipinski definition) is 1. The lowest BCUT2D eigenvalue weighted by Gasteiger charge is -2.06. The first-order valence-corrected chi connectivity index (χ1v) is 8.02. The van der Waals surface area contributed by atoms with Crippen LogP contribution in [0.5, 0.6) is 5.75 Å².